The second-order valence-corrected chi connectivity index (χ2v) is 4.97. The van der Waals surface area contributed by atoms with Gasteiger partial charge in [0.1, 0.15) is 0 Å². The quantitative estimate of drug-likeness (QED) is 0.823. The van der Waals surface area contributed by atoms with Gasteiger partial charge in [-0.3, -0.25) is 4.79 Å². The Bertz CT molecular complexity index is 660. The van der Waals surface area contributed by atoms with Gasteiger partial charge in [0.05, 0.1) is 24.6 Å². The lowest BCUT2D eigenvalue weighted by Crippen LogP contribution is -2.14. The van der Waals surface area contributed by atoms with E-state index in [9.17, 15) is 4.79 Å². The molecule has 0 bridgehead atoms. The van der Waals surface area contributed by atoms with Crippen molar-refractivity contribution in [1.82, 2.24) is 0 Å². The monoisotopic (exact) mass is 268 g/mol. The van der Waals surface area contributed by atoms with Crippen LogP contribution in [0.15, 0.2) is 36.4 Å². The molecule has 0 radical (unpaired) electrons. The average molecular weight is 268 g/mol. The van der Waals surface area contributed by atoms with Crippen LogP contribution in [0, 0.1) is 6.92 Å². The molecule has 0 aliphatic carbocycles. The molecule has 4 nitrogen and oxygen atoms in total. The molecule has 3 rings (SSSR count). The second-order valence-electron chi connectivity index (χ2n) is 4.97. The van der Waals surface area contributed by atoms with Crippen molar-refractivity contribution in [1.29, 1.82) is 0 Å². The van der Waals surface area contributed by atoms with Gasteiger partial charge in [-0.1, -0.05) is 18.2 Å². The first-order chi connectivity index (χ1) is 9.65. The van der Waals surface area contributed by atoms with Gasteiger partial charge in [0.2, 0.25) is 0 Å². The molecule has 0 saturated carbocycles. The smallest absolute Gasteiger partial charge is 0.255 e. The molecule has 0 fully saturated rings. The molecule has 1 amide bonds. The number of amides is 1. The first kappa shape index (κ1) is 12.7. The number of hydrogen-bond acceptors (Lipinski definition) is 3. The maximum absolute atomic E-state index is 12.3. The summed E-state index contributed by atoms with van der Waals surface area (Å²) in [4.78, 5) is 12.3. The average Bonchev–Trinajstić information content (AvgIpc) is 2.90. The highest BCUT2D eigenvalue weighted by molar-refractivity contribution is 6.06. The van der Waals surface area contributed by atoms with Crippen molar-refractivity contribution in [3.05, 3.63) is 58.7 Å². The molecule has 102 valence electrons. The molecule has 0 unspecified atom stereocenters. The zero-order valence-corrected chi connectivity index (χ0v) is 11.3. The van der Waals surface area contributed by atoms with E-state index in [0.717, 1.165) is 16.7 Å². The van der Waals surface area contributed by atoms with Crippen LogP contribution in [0.4, 0.5) is 11.4 Å². The van der Waals surface area contributed by atoms with E-state index in [2.05, 4.69) is 5.32 Å². The van der Waals surface area contributed by atoms with E-state index < -0.39 is 0 Å². The summed E-state index contributed by atoms with van der Waals surface area (Å²) in [5, 5.41) is 2.88. The standard InChI is InChI=1S/C16H16N2O2/c1-10-3-2-4-14(17)15(10)18-16(19)11-5-6-12-8-20-9-13(12)7-11/h2-7H,8-9,17H2,1H3,(H,18,19). The van der Waals surface area contributed by atoms with Crippen molar-refractivity contribution < 1.29 is 9.53 Å². The maximum atomic E-state index is 12.3. The van der Waals surface area contributed by atoms with Crippen molar-refractivity contribution >= 4 is 17.3 Å². The third kappa shape index (κ3) is 2.26. The fourth-order valence-corrected chi connectivity index (χ4v) is 2.36. The molecule has 0 aromatic heterocycles. The number of ether oxygens (including phenoxy) is 1. The molecule has 4 heteroatoms. The van der Waals surface area contributed by atoms with Crippen LogP contribution in [0.25, 0.3) is 0 Å². The van der Waals surface area contributed by atoms with Crippen LogP contribution in [-0.2, 0) is 18.0 Å². The highest BCUT2D eigenvalue weighted by Crippen LogP contribution is 2.25. The van der Waals surface area contributed by atoms with Crippen LogP contribution in [-0.4, -0.2) is 5.91 Å². The number of aryl methyl sites for hydroxylation is 1. The molecule has 1 aliphatic rings. The summed E-state index contributed by atoms with van der Waals surface area (Å²) in [5.41, 5.74) is 10.9. The fourth-order valence-electron chi connectivity index (χ4n) is 2.36. The van der Waals surface area contributed by atoms with Crippen LogP contribution < -0.4 is 11.1 Å². The van der Waals surface area contributed by atoms with Crippen molar-refractivity contribution in [2.45, 2.75) is 20.1 Å². The molecule has 0 saturated heterocycles. The summed E-state index contributed by atoms with van der Waals surface area (Å²) in [6, 6.07) is 11.2. The molecule has 3 N–H and O–H groups in total. The number of fused-ring (bicyclic) bond motifs is 1. The van der Waals surface area contributed by atoms with E-state index in [1.54, 1.807) is 6.07 Å². The predicted octanol–water partition coefficient (Wildman–Crippen LogP) is 2.86. The van der Waals surface area contributed by atoms with E-state index in [-0.39, 0.29) is 5.91 Å². The minimum absolute atomic E-state index is 0.152. The number of carbonyl (C=O) groups excluding carboxylic acids is 1. The number of carbonyl (C=O) groups is 1. The van der Waals surface area contributed by atoms with Crippen LogP contribution in [0.1, 0.15) is 27.0 Å². The first-order valence-corrected chi connectivity index (χ1v) is 6.51. The van der Waals surface area contributed by atoms with Gasteiger partial charge in [-0.2, -0.15) is 0 Å². The van der Waals surface area contributed by atoms with E-state index in [0.29, 0.717) is 30.2 Å². The number of anilines is 2. The number of nitrogens with one attached hydrogen (secondary N) is 1. The highest BCUT2D eigenvalue weighted by Gasteiger charge is 2.15. The van der Waals surface area contributed by atoms with Crippen LogP contribution in [0.3, 0.4) is 0 Å². The lowest BCUT2D eigenvalue weighted by molar-refractivity contribution is 0.102. The fraction of sp³-hybridized carbons (Fsp3) is 0.188. The van der Waals surface area contributed by atoms with E-state index >= 15 is 0 Å². The Morgan fingerprint density at radius 2 is 2.00 bits per heavy atom. The summed E-state index contributed by atoms with van der Waals surface area (Å²) in [5.74, 6) is -0.152. The number of hydrogen-bond donors (Lipinski definition) is 2. The molecule has 1 aliphatic heterocycles. The molecular formula is C16H16N2O2. The summed E-state index contributed by atoms with van der Waals surface area (Å²) in [6.45, 7) is 3.12. The van der Waals surface area contributed by atoms with E-state index in [1.807, 2.05) is 37.3 Å². The Morgan fingerprint density at radius 3 is 2.80 bits per heavy atom. The summed E-state index contributed by atoms with van der Waals surface area (Å²) in [7, 11) is 0. The van der Waals surface area contributed by atoms with Gasteiger partial charge < -0.3 is 15.8 Å². The Kier molecular flexibility index (Phi) is 3.16. The summed E-state index contributed by atoms with van der Waals surface area (Å²) < 4.78 is 5.35. The Labute approximate surface area is 117 Å². The van der Waals surface area contributed by atoms with Crippen molar-refractivity contribution in [2.75, 3.05) is 11.1 Å². The normalized spacial score (nSPS) is 13.1. The predicted molar refractivity (Wildman–Crippen MR) is 78.5 cm³/mol. The summed E-state index contributed by atoms with van der Waals surface area (Å²) >= 11 is 0. The zero-order chi connectivity index (χ0) is 14.1. The molecular weight excluding hydrogens is 252 g/mol. The number of para-hydroxylation sites is 1. The largest absolute Gasteiger partial charge is 0.397 e. The minimum atomic E-state index is -0.152. The zero-order valence-electron chi connectivity index (χ0n) is 11.3. The van der Waals surface area contributed by atoms with Crippen molar-refractivity contribution in [3.8, 4) is 0 Å². The van der Waals surface area contributed by atoms with Gasteiger partial charge in [0.15, 0.2) is 0 Å². The summed E-state index contributed by atoms with van der Waals surface area (Å²) in [6.07, 6.45) is 0. The SMILES string of the molecule is Cc1cccc(N)c1NC(=O)c1ccc2c(c1)COC2. The van der Waals surface area contributed by atoms with E-state index in [1.165, 1.54) is 0 Å². The molecule has 1 heterocycles. The Morgan fingerprint density at radius 1 is 1.20 bits per heavy atom. The van der Waals surface area contributed by atoms with Gasteiger partial charge in [0.25, 0.3) is 5.91 Å². The molecule has 20 heavy (non-hydrogen) atoms. The number of nitrogens with two attached hydrogens (primary N) is 1. The van der Waals surface area contributed by atoms with Gasteiger partial charge in [0, 0.05) is 5.56 Å². The highest BCUT2D eigenvalue weighted by atomic mass is 16.5. The van der Waals surface area contributed by atoms with Crippen LogP contribution >= 0.6 is 0 Å². The molecule has 2 aromatic carbocycles. The first-order valence-electron chi connectivity index (χ1n) is 6.51. The maximum Gasteiger partial charge on any atom is 0.255 e. The van der Waals surface area contributed by atoms with Gasteiger partial charge in [-0.15, -0.1) is 0 Å². The lowest BCUT2D eigenvalue weighted by Gasteiger charge is -2.11. The van der Waals surface area contributed by atoms with Gasteiger partial charge in [-0.05, 0) is 41.8 Å². The van der Waals surface area contributed by atoms with Crippen LogP contribution in [0.2, 0.25) is 0 Å². The third-order valence-electron chi connectivity index (χ3n) is 3.53. The van der Waals surface area contributed by atoms with Crippen LogP contribution in [0.5, 0.6) is 0 Å². The third-order valence-corrected chi connectivity index (χ3v) is 3.53. The lowest BCUT2D eigenvalue weighted by atomic mass is 10.1. The number of rotatable bonds is 2. The van der Waals surface area contributed by atoms with Crippen molar-refractivity contribution in [2.24, 2.45) is 0 Å². The van der Waals surface area contributed by atoms with Gasteiger partial charge in [-0.25, -0.2) is 0 Å². The van der Waals surface area contributed by atoms with Gasteiger partial charge >= 0.3 is 0 Å². The Hall–Kier alpha value is -2.33. The van der Waals surface area contributed by atoms with E-state index in [4.69, 9.17) is 10.5 Å². The molecule has 0 atom stereocenters. The molecule has 0 spiro atoms. The van der Waals surface area contributed by atoms with Crippen molar-refractivity contribution in [3.63, 3.8) is 0 Å². The topological polar surface area (TPSA) is 64.3 Å². The number of benzene rings is 2. The number of nitrogen functional groups attached to an aromatic ring is 1. The molecule has 2 aromatic rings. The Balaban J connectivity index is 1.86. The second kappa shape index (κ2) is 4.98. The minimum Gasteiger partial charge on any atom is -0.397 e.